The lowest BCUT2D eigenvalue weighted by Crippen LogP contribution is -2.58. The average molecular weight is 517 g/mol. The molecule has 0 heterocycles. The number of ether oxygens (including phenoxy) is 2. The Kier molecular flexibility index (Phi) is 9.57. The molecule has 0 aliphatic rings. The Balaban J connectivity index is 4.64. The summed E-state index contributed by atoms with van der Waals surface area (Å²) in [7, 11) is 0. The van der Waals surface area contributed by atoms with Crippen molar-refractivity contribution in [3.8, 4) is 0 Å². The Labute approximate surface area is 167 Å². The third-order valence-corrected chi connectivity index (χ3v) is 3.42. The van der Waals surface area contributed by atoms with Gasteiger partial charge in [-0.15, -0.1) is 0 Å². The number of hydrogen-bond donors (Lipinski definition) is 3. The molecule has 0 spiro atoms. The summed E-state index contributed by atoms with van der Waals surface area (Å²) in [5, 5.41) is 26.4. The fourth-order valence-corrected chi connectivity index (χ4v) is 1.55. The van der Waals surface area contributed by atoms with Crippen LogP contribution in [0.3, 0.4) is 0 Å². The second-order valence-electron chi connectivity index (χ2n) is 5.79. The normalized spacial score (nSPS) is 17.1. The van der Waals surface area contributed by atoms with E-state index in [1.807, 2.05) is 0 Å². The van der Waals surface area contributed by atoms with Gasteiger partial charge in [0, 0.05) is 13.1 Å². The molecule has 0 saturated carbocycles. The Morgan fingerprint density at radius 3 is 1.03 bits per heavy atom. The van der Waals surface area contributed by atoms with Crippen molar-refractivity contribution in [2.45, 2.75) is 48.6 Å². The van der Waals surface area contributed by atoms with E-state index in [1.165, 1.54) is 0 Å². The van der Waals surface area contributed by atoms with Gasteiger partial charge in [-0.1, -0.05) is 0 Å². The summed E-state index contributed by atoms with van der Waals surface area (Å²) in [6.07, 6.45) is -21.7. The summed E-state index contributed by atoms with van der Waals surface area (Å²) in [6.45, 7) is -5.10. The fourth-order valence-electron chi connectivity index (χ4n) is 1.55. The zero-order valence-corrected chi connectivity index (χ0v) is 14.9. The molecule has 0 amide bonds. The van der Waals surface area contributed by atoms with E-state index >= 15 is 0 Å². The van der Waals surface area contributed by atoms with Crippen LogP contribution in [0, 0.1) is 0 Å². The van der Waals surface area contributed by atoms with E-state index < -0.39 is 74.9 Å². The van der Waals surface area contributed by atoms with Crippen molar-refractivity contribution in [3.63, 3.8) is 0 Å². The van der Waals surface area contributed by atoms with Crippen molar-refractivity contribution in [1.29, 1.82) is 0 Å². The smallest absolute Gasteiger partial charge is 0.363 e. The van der Waals surface area contributed by atoms with Crippen LogP contribution in [0.2, 0.25) is 0 Å². The summed E-state index contributed by atoms with van der Waals surface area (Å²) in [4.78, 5) is 0. The number of nitrogens with zero attached hydrogens (tertiary/aromatic N) is 1. The van der Waals surface area contributed by atoms with Gasteiger partial charge in [0.1, 0.15) is 0 Å². The van der Waals surface area contributed by atoms with Gasteiger partial charge in [-0.3, -0.25) is 0 Å². The summed E-state index contributed by atoms with van der Waals surface area (Å²) in [5.41, 5.74) is 0. The zero-order valence-electron chi connectivity index (χ0n) is 14.9. The van der Waals surface area contributed by atoms with E-state index in [0.717, 1.165) is 0 Å². The van der Waals surface area contributed by atoms with Crippen molar-refractivity contribution in [2.75, 3.05) is 26.3 Å². The van der Waals surface area contributed by atoms with Crippen molar-refractivity contribution < 1.29 is 86.4 Å². The molecule has 20 heteroatoms. The highest BCUT2D eigenvalue weighted by Gasteiger charge is 2.77. The minimum Gasteiger partial charge on any atom is -0.363 e. The summed E-state index contributed by atoms with van der Waals surface area (Å²) >= 11 is 0. The van der Waals surface area contributed by atoms with Crippen LogP contribution in [0.5, 0.6) is 0 Å². The lowest BCUT2D eigenvalue weighted by atomic mass is 10.1. The van der Waals surface area contributed by atoms with Crippen LogP contribution in [0.15, 0.2) is 0 Å². The van der Waals surface area contributed by atoms with Crippen molar-refractivity contribution in [3.05, 3.63) is 0 Å². The molecule has 6 nitrogen and oxygen atoms in total. The van der Waals surface area contributed by atoms with Gasteiger partial charge in [0.05, 0.1) is 13.2 Å². The number of aliphatic hydroxyl groups excluding tert-OH is 2. The van der Waals surface area contributed by atoms with Crippen LogP contribution in [0.4, 0.5) is 61.5 Å². The highest BCUT2D eigenvalue weighted by atomic mass is 19.4. The molecule has 0 aromatic carbocycles. The van der Waals surface area contributed by atoms with Crippen LogP contribution in [0.1, 0.15) is 0 Å². The maximum Gasteiger partial charge on any atom is 0.460 e. The molecule has 0 bridgehead atoms. The van der Waals surface area contributed by atoms with E-state index in [1.54, 1.807) is 0 Å². The molecular weight excluding hydrogens is 504 g/mol. The molecule has 0 aromatic heterocycles. The third-order valence-electron chi connectivity index (χ3n) is 3.42. The zero-order chi connectivity index (χ0) is 26.0. The highest BCUT2D eigenvalue weighted by Crippen LogP contribution is 2.49. The molecule has 194 valence electrons. The van der Waals surface area contributed by atoms with E-state index in [9.17, 15) is 61.5 Å². The van der Waals surface area contributed by atoms with Crippen molar-refractivity contribution in [1.82, 2.24) is 5.06 Å². The largest absolute Gasteiger partial charge is 0.460 e. The summed E-state index contributed by atoms with van der Waals surface area (Å²) in [6, 6.07) is 0. The van der Waals surface area contributed by atoms with Crippen molar-refractivity contribution >= 4 is 0 Å². The van der Waals surface area contributed by atoms with Crippen LogP contribution in [-0.2, 0) is 9.47 Å². The first-order valence-corrected chi connectivity index (χ1v) is 7.62. The molecular formula is C12H13F14NO5. The van der Waals surface area contributed by atoms with Gasteiger partial charge >= 0.3 is 36.0 Å². The van der Waals surface area contributed by atoms with E-state index in [-0.39, 0.29) is 5.06 Å². The highest BCUT2D eigenvalue weighted by molar-refractivity contribution is 4.94. The van der Waals surface area contributed by atoms with Gasteiger partial charge in [0.2, 0.25) is 12.6 Å². The standard InChI is InChI=1S/C12H13F14NO5/c13-7(14,9(17,18)11(21,22)23)5(28)31-3-1-27(30)2-4-32-6(29)8(15,16)10(19,20)12(24,25)26/h5-6,28-30H,1-4H2. The monoisotopic (exact) mass is 517 g/mol. The second-order valence-corrected chi connectivity index (χ2v) is 5.79. The molecule has 32 heavy (non-hydrogen) atoms. The Morgan fingerprint density at radius 2 is 0.812 bits per heavy atom. The molecule has 3 N–H and O–H groups in total. The van der Waals surface area contributed by atoms with Crippen LogP contribution < -0.4 is 0 Å². The number of hydrogen-bond acceptors (Lipinski definition) is 6. The SMILES string of the molecule is OC(OCCN(O)CCOC(O)C(F)(F)C(F)(F)C(F)(F)F)C(F)(F)C(F)(F)C(F)(F)F. The quantitative estimate of drug-likeness (QED) is 0.210. The first-order chi connectivity index (χ1) is 13.9. The van der Waals surface area contributed by atoms with Gasteiger partial charge in [-0.2, -0.15) is 66.5 Å². The number of hydroxylamine groups is 2. The minimum absolute atomic E-state index is 0.209. The number of alkyl halides is 14. The van der Waals surface area contributed by atoms with Gasteiger partial charge in [0.15, 0.2) is 0 Å². The molecule has 0 aliphatic heterocycles. The van der Waals surface area contributed by atoms with Gasteiger partial charge < -0.3 is 24.9 Å². The van der Waals surface area contributed by atoms with E-state index in [4.69, 9.17) is 15.4 Å². The van der Waals surface area contributed by atoms with Gasteiger partial charge in [-0.25, -0.2) is 0 Å². The van der Waals surface area contributed by atoms with E-state index in [0.29, 0.717) is 0 Å². The predicted molar refractivity (Wildman–Crippen MR) is 69.2 cm³/mol. The van der Waals surface area contributed by atoms with Crippen LogP contribution >= 0.6 is 0 Å². The first-order valence-electron chi connectivity index (χ1n) is 7.62. The number of rotatable bonds is 12. The Hall–Kier alpha value is -1.22. The molecule has 2 unspecified atom stereocenters. The minimum atomic E-state index is -6.78. The van der Waals surface area contributed by atoms with Crippen LogP contribution in [0.25, 0.3) is 0 Å². The third kappa shape index (κ3) is 6.43. The lowest BCUT2D eigenvalue weighted by Gasteiger charge is -2.31. The molecule has 0 rings (SSSR count). The first kappa shape index (κ1) is 30.8. The number of halogens is 14. The molecule has 0 aliphatic carbocycles. The Morgan fingerprint density at radius 1 is 0.562 bits per heavy atom. The molecule has 0 fully saturated rings. The maximum atomic E-state index is 13.0. The second kappa shape index (κ2) is 9.95. The Bertz CT molecular complexity index is 546. The number of aliphatic hydroxyl groups is 2. The van der Waals surface area contributed by atoms with Crippen LogP contribution in [-0.4, -0.2) is 95.4 Å². The molecule has 0 radical (unpaired) electrons. The lowest BCUT2D eigenvalue weighted by molar-refractivity contribution is -0.397. The molecule has 2 atom stereocenters. The maximum absolute atomic E-state index is 13.0. The topological polar surface area (TPSA) is 82.4 Å². The van der Waals surface area contributed by atoms with Crippen molar-refractivity contribution in [2.24, 2.45) is 0 Å². The van der Waals surface area contributed by atoms with Gasteiger partial charge in [0.25, 0.3) is 0 Å². The molecule has 0 saturated heterocycles. The fraction of sp³-hybridized carbons (Fsp3) is 1.00. The molecule has 0 aromatic rings. The summed E-state index contributed by atoms with van der Waals surface area (Å²) < 4.78 is 181. The van der Waals surface area contributed by atoms with E-state index in [2.05, 4.69) is 9.47 Å². The summed E-state index contributed by atoms with van der Waals surface area (Å²) in [5.74, 6) is -25.8. The average Bonchev–Trinajstić information content (AvgIpc) is 2.58. The van der Waals surface area contributed by atoms with Gasteiger partial charge in [-0.05, 0) is 0 Å². The predicted octanol–water partition coefficient (Wildman–Crippen LogP) is 3.01.